The number of aromatic nitrogens is 3. The van der Waals surface area contributed by atoms with Gasteiger partial charge in [0.05, 0.1) is 0 Å². The van der Waals surface area contributed by atoms with Gasteiger partial charge in [-0.15, -0.1) is 15.0 Å². The summed E-state index contributed by atoms with van der Waals surface area (Å²) in [7, 11) is 0. The zero-order chi connectivity index (χ0) is 19.6. The minimum atomic E-state index is 0.215. The molecular formula is C24H33N3O. The summed E-state index contributed by atoms with van der Waals surface area (Å²) < 4.78 is 0. The molecule has 0 radical (unpaired) electrons. The topological polar surface area (TPSA) is 50.9 Å². The van der Waals surface area contributed by atoms with Gasteiger partial charge in [0.25, 0.3) is 0 Å². The molecule has 0 saturated carbocycles. The SMILES string of the molecule is CCCCCCCCCCCCc1ccc(O)c(-n2nc3ccccc3n2)c1. The summed E-state index contributed by atoms with van der Waals surface area (Å²) in [6.45, 7) is 2.27. The Kier molecular flexibility index (Phi) is 7.89. The van der Waals surface area contributed by atoms with Crippen LogP contribution in [0, 0.1) is 0 Å². The van der Waals surface area contributed by atoms with Crippen LogP contribution in [0.2, 0.25) is 0 Å². The minimum Gasteiger partial charge on any atom is -0.506 e. The summed E-state index contributed by atoms with van der Waals surface area (Å²) in [5, 5.41) is 19.2. The van der Waals surface area contributed by atoms with E-state index in [1.807, 2.05) is 36.4 Å². The van der Waals surface area contributed by atoms with E-state index < -0.39 is 0 Å². The average Bonchev–Trinajstić information content (AvgIpc) is 3.14. The number of rotatable bonds is 12. The molecule has 1 heterocycles. The standard InChI is InChI=1S/C24H33N3O/c1-2-3-4-5-6-7-8-9-10-11-14-20-17-18-24(28)23(19-20)27-25-21-15-12-13-16-22(21)26-27/h12-13,15-19,28H,2-11,14H2,1H3. The lowest BCUT2D eigenvalue weighted by molar-refractivity contribution is 0.467. The predicted octanol–water partition coefficient (Wildman–Crippen LogP) is 6.59. The van der Waals surface area contributed by atoms with Crippen molar-refractivity contribution < 1.29 is 5.11 Å². The number of unbranched alkanes of at least 4 members (excludes halogenated alkanes) is 9. The average molecular weight is 380 g/mol. The van der Waals surface area contributed by atoms with Gasteiger partial charge in [-0.25, -0.2) is 0 Å². The third-order valence-corrected chi connectivity index (χ3v) is 5.36. The van der Waals surface area contributed by atoms with Crippen LogP contribution < -0.4 is 0 Å². The lowest BCUT2D eigenvalue weighted by atomic mass is 10.0. The van der Waals surface area contributed by atoms with Gasteiger partial charge in [-0.3, -0.25) is 0 Å². The highest BCUT2D eigenvalue weighted by atomic mass is 16.3. The molecule has 1 aromatic heterocycles. The summed E-state index contributed by atoms with van der Waals surface area (Å²) in [6.07, 6.45) is 14.5. The Morgan fingerprint density at radius 3 is 1.93 bits per heavy atom. The molecule has 3 aromatic rings. The summed E-state index contributed by atoms with van der Waals surface area (Å²) in [6, 6.07) is 13.5. The first-order valence-corrected chi connectivity index (χ1v) is 10.9. The van der Waals surface area contributed by atoms with Crippen molar-refractivity contribution in [2.75, 3.05) is 0 Å². The number of benzene rings is 2. The molecule has 2 aromatic carbocycles. The van der Waals surface area contributed by atoms with Crippen molar-refractivity contribution in [3.63, 3.8) is 0 Å². The molecule has 3 rings (SSSR count). The van der Waals surface area contributed by atoms with Crippen molar-refractivity contribution in [2.24, 2.45) is 0 Å². The summed E-state index contributed by atoms with van der Waals surface area (Å²) >= 11 is 0. The maximum Gasteiger partial charge on any atom is 0.143 e. The van der Waals surface area contributed by atoms with Crippen LogP contribution in [0.4, 0.5) is 0 Å². The van der Waals surface area contributed by atoms with E-state index in [2.05, 4.69) is 17.1 Å². The zero-order valence-corrected chi connectivity index (χ0v) is 17.1. The van der Waals surface area contributed by atoms with Gasteiger partial charge < -0.3 is 5.11 Å². The molecule has 0 bridgehead atoms. The van der Waals surface area contributed by atoms with Crippen LogP contribution in [0.3, 0.4) is 0 Å². The van der Waals surface area contributed by atoms with E-state index in [4.69, 9.17) is 0 Å². The molecule has 1 N–H and O–H groups in total. The quantitative estimate of drug-likeness (QED) is 0.361. The predicted molar refractivity (Wildman–Crippen MR) is 116 cm³/mol. The van der Waals surface area contributed by atoms with Crippen molar-refractivity contribution in [1.29, 1.82) is 0 Å². The molecule has 0 unspecified atom stereocenters. The van der Waals surface area contributed by atoms with Gasteiger partial charge in [0.2, 0.25) is 0 Å². The summed E-state index contributed by atoms with van der Waals surface area (Å²) in [5.74, 6) is 0.215. The summed E-state index contributed by atoms with van der Waals surface area (Å²) in [4.78, 5) is 1.54. The highest BCUT2D eigenvalue weighted by Crippen LogP contribution is 2.24. The Bertz CT molecular complexity index is 823. The van der Waals surface area contributed by atoms with Crippen molar-refractivity contribution in [2.45, 2.75) is 77.6 Å². The van der Waals surface area contributed by atoms with E-state index in [0.29, 0.717) is 5.69 Å². The number of nitrogens with zero attached hydrogens (tertiary/aromatic N) is 3. The number of aryl methyl sites for hydroxylation is 1. The molecule has 0 fully saturated rings. The first-order valence-electron chi connectivity index (χ1n) is 10.9. The van der Waals surface area contributed by atoms with Gasteiger partial charge in [-0.05, 0) is 42.7 Å². The molecule has 0 spiro atoms. The maximum atomic E-state index is 10.3. The van der Waals surface area contributed by atoms with Gasteiger partial charge >= 0.3 is 0 Å². The Labute approximate surface area is 168 Å². The van der Waals surface area contributed by atoms with Gasteiger partial charge in [0, 0.05) is 0 Å². The lowest BCUT2D eigenvalue weighted by Gasteiger charge is -2.07. The van der Waals surface area contributed by atoms with E-state index >= 15 is 0 Å². The molecule has 0 saturated heterocycles. The van der Waals surface area contributed by atoms with Crippen LogP contribution in [-0.4, -0.2) is 20.1 Å². The van der Waals surface area contributed by atoms with Crippen molar-refractivity contribution in [3.8, 4) is 11.4 Å². The fourth-order valence-corrected chi connectivity index (χ4v) is 3.67. The molecule has 28 heavy (non-hydrogen) atoms. The van der Waals surface area contributed by atoms with Crippen LogP contribution in [0.25, 0.3) is 16.7 Å². The molecule has 0 aliphatic rings. The van der Waals surface area contributed by atoms with E-state index in [9.17, 15) is 5.11 Å². The second kappa shape index (κ2) is 10.8. The van der Waals surface area contributed by atoms with Crippen LogP contribution in [0.5, 0.6) is 5.75 Å². The van der Waals surface area contributed by atoms with Gasteiger partial charge in [-0.2, -0.15) is 0 Å². The Morgan fingerprint density at radius 1 is 0.750 bits per heavy atom. The smallest absolute Gasteiger partial charge is 0.143 e. The van der Waals surface area contributed by atoms with Crippen molar-refractivity contribution in [1.82, 2.24) is 15.0 Å². The van der Waals surface area contributed by atoms with Crippen molar-refractivity contribution in [3.05, 3.63) is 48.0 Å². The highest BCUT2D eigenvalue weighted by Gasteiger charge is 2.09. The maximum absolute atomic E-state index is 10.3. The van der Waals surface area contributed by atoms with E-state index in [1.165, 1.54) is 69.8 Å². The minimum absolute atomic E-state index is 0.215. The number of phenolic OH excluding ortho intramolecular Hbond substituents is 1. The van der Waals surface area contributed by atoms with Crippen LogP contribution in [0.1, 0.15) is 76.7 Å². The first-order chi connectivity index (χ1) is 13.8. The Morgan fingerprint density at radius 2 is 1.32 bits per heavy atom. The lowest BCUT2D eigenvalue weighted by Crippen LogP contribution is -2.00. The van der Waals surface area contributed by atoms with Crippen molar-refractivity contribution >= 4 is 11.0 Å². The molecule has 0 aliphatic carbocycles. The zero-order valence-electron chi connectivity index (χ0n) is 17.1. The number of hydrogen-bond acceptors (Lipinski definition) is 3. The van der Waals surface area contributed by atoms with E-state index in [0.717, 1.165) is 17.5 Å². The number of hydrogen-bond donors (Lipinski definition) is 1. The molecular weight excluding hydrogens is 346 g/mol. The Hall–Kier alpha value is -2.36. The van der Waals surface area contributed by atoms with E-state index in [1.54, 1.807) is 10.9 Å². The molecule has 0 amide bonds. The molecule has 0 atom stereocenters. The third kappa shape index (κ3) is 5.82. The van der Waals surface area contributed by atoms with Crippen LogP contribution in [-0.2, 0) is 6.42 Å². The normalized spacial score (nSPS) is 11.3. The third-order valence-electron chi connectivity index (χ3n) is 5.36. The number of phenols is 1. The molecule has 0 aliphatic heterocycles. The number of aromatic hydroxyl groups is 1. The fraction of sp³-hybridized carbons (Fsp3) is 0.500. The fourth-order valence-electron chi connectivity index (χ4n) is 3.67. The largest absolute Gasteiger partial charge is 0.506 e. The van der Waals surface area contributed by atoms with Gasteiger partial charge in [0.15, 0.2) is 0 Å². The summed E-state index contributed by atoms with van der Waals surface area (Å²) in [5.41, 5.74) is 3.55. The number of fused-ring (bicyclic) bond motifs is 1. The molecule has 150 valence electrons. The monoisotopic (exact) mass is 379 g/mol. The first kappa shape index (κ1) is 20.4. The van der Waals surface area contributed by atoms with Crippen LogP contribution >= 0.6 is 0 Å². The molecule has 4 heteroatoms. The van der Waals surface area contributed by atoms with E-state index in [-0.39, 0.29) is 5.75 Å². The second-order valence-corrected chi connectivity index (χ2v) is 7.73. The van der Waals surface area contributed by atoms with Gasteiger partial charge in [0.1, 0.15) is 22.5 Å². The van der Waals surface area contributed by atoms with Crippen LogP contribution in [0.15, 0.2) is 42.5 Å². The highest BCUT2D eigenvalue weighted by molar-refractivity contribution is 5.73. The molecule has 4 nitrogen and oxygen atoms in total. The van der Waals surface area contributed by atoms with Gasteiger partial charge in [-0.1, -0.05) is 82.9 Å². The second-order valence-electron chi connectivity index (χ2n) is 7.73. The Balaban J connectivity index is 1.45.